The molecule has 2 heterocycles. The first-order valence-electron chi connectivity index (χ1n) is 6.80. The second kappa shape index (κ2) is 5.25. The second-order valence-corrected chi connectivity index (χ2v) is 7.00. The summed E-state index contributed by atoms with van der Waals surface area (Å²) in [6.07, 6.45) is 0. The van der Waals surface area contributed by atoms with Gasteiger partial charge in [0.15, 0.2) is 0 Å². The van der Waals surface area contributed by atoms with Gasteiger partial charge in [0.05, 0.1) is 11.4 Å². The topological polar surface area (TPSA) is 86.9 Å². The van der Waals surface area contributed by atoms with Gasteiger partial charge in [0, 0.05) is 19.6 Å². The number of sulfonamides is 1. The zero-order chi connectivity index (χ0) is 15.0. The van der Waals surface area contributed by atoms with Crippen LogP contribution in [0, 0.1) is 13.8 Å². The number of aryl methyl sites for hydroxylation is 2. The average Bonchev–Trinajstić information content (AvgIpc) is 3.02. The molecule has 3 N–H and O–H groups in total. The third-order valence-corrected chi connectivity index (χ3v) is 5.36. The Morgan fingerprint density at radius 1 is 1.24 bits per heavy atom. The lowest BCUT2D eigenvalue weighted by Crippen LogP contribution is -2.24. The molecule has 0 amide bonds. The third kappa shape index (κ3) is 2.72. The van der Waals surface area contributed by atoms with Crippen LogP contribution in [0.2, 0.25) is 0 Å². The average molecular weight is 306 g/mol. The van der Waals surface area contributed by atoms with Crippen LogP contribution in [0.4, 0.5) is 0 Å². The van der Waals surface area contributed by atoms with Gasteiger partial charge in [-0.15, -0.1) is 0 Å². The number of hydrogen-bond acceptors (Lipinski definition) is 4. The van der Waals surface area contributed by atoms with Gasteiger partial charge in [0.25, 0.3) is 0 Å². The fraction of sp³-hybridized carbons (Fsp3) is 0.357. The van der Waals surface area contributed by atoms with Crippen molar-refractivity contribution in [3.8, 4) is 0 Å². The van der Waals surface area contributed by atoms with Gasteiger partial charge in [-0.05, 0) is 30.5 Å². The van der Waals surface area contributed by atoms with Crippen molar-refractivity contribution >= 4 is 10.0 Å². The van der Waals surface area contributed by atoms with Crippen molar-refractivity contribution in [3.63, 3.8) is 0 Å². The highest BCUT2D eigenvalue weighted by atomic mass is 32.2. The maximum atomic E-state index is 12.4. The van der Waals surface area contributed by atoms with Crippen molar-refractivity contribution in [2.45, 2.75) is 38.4 Å². The molecule has 3 rings (SSSR count). The minimum absolute atomic E-state index is 0.241. The molecule has 7 heteroatoms. The molecule has 2 aromatic rings. The molecule has 21 heavy (non-hydrogen) atoms. The van der Waals surface area contributed by atoms with Crippen LogP contribution >= 0.6 is 0 Å². The predicted molar refractivity (Wildman–Crippen MR) is 79.1 cm³/mol. The van der Waals surface area contributed by atoms with Gasteiger partial charge in [0.1, 0.15) is 4.90 Å². The van der Waals surface area contributed by atoms with E-state index in [9.17, 15) is 8.42 Å². The van der Waals surface area contributed by atoms with Crippen LogP contribution in [0.25, 0.3) is 0 Å². The molecule has 0 saturated heterocycles. The summed E-state index contributed by atoms with van der Waals surface area (Å²) in [5.41, 5.74) is 4.52. The number of fused-ring (bicyclic) bond motifs is 1. The highest BCUT2D eigenvalue weighted by Gasteiger charge is 2.22. The van der Waals surface area contributed by atoms with Crippen molar-refractivity contribution < 1.29 is 8.42 Å². The maximum Gasteiger partial charge on any atom is 0.244 e. The SMILES string of the molecule is Cc1n[nH]c(C)c1S(=O)(=O)NCc1ccc2c(c1)CNC2. The van der Waals surface area contributed by atoms with E-state index in [0.29, 0.717) is 11.4 Å². The Bertz CT molecular complexity index is 761. The molecule has 1 aliphatic rings. The Morgan fingerprint density at radius 2 is 2.00 bits per heavy atom. The van der Waals surface area contributed by atoms with Crippen LogP contribution < -0.4 is 10.0 Å². The summed E-state index contributed by atoms with van der Waals surface area (Å²) in [6, 6.07) is 6.06. The predicted octanol–water partition coefficient (Wildman–Crippen LogP) is 1.11. The van der Waals surface area contributed by atoms with E-state index in [2.05, 4.69) is 20.2 Å². The number of nitrogens with zero attached hydrogens (tertiary/aromatic N) is 1. The van der Waals surface area contributed by atoms with Crippen LogP contribution in [0.15, 0.2) is 23.1 Å². The van der Waals surface area contributed by atoms with Crippen molar-refractivity contribution in [1.82, 2.24) is 20.2 Å². The molecule has 0 radical (unpaired) electrons. The lowest BCUT2D eigenvalue weighted by atomic mass is 10.1. The van der Waals surface area contributed by atoms with Gasteiger partial charge in [-0.3, -0.25) is 5.10 Å². The van der Waals surface area contributed by atoms with Crippen molar-refractivity contribution in [3.05, 3.63) is 46.3 Å². The minimum Gasteiger partial charge on any atom is -0.309 e. The minimum atomic E-state index is -3.55. The highest BCUT2D eigenvalue weighted by Crippen LogP contribution is 2.19. The van der Waals surface area contributed by atoms with E-state index < -0.39 is 10.0 Å². The van der Waals surface area contributed by atoms with Crippen LogP contribution in [-0.2, 0) is 29.7 Å². The van der Waals surface area contributed by atoms with Crippen LogP contribution in [-0.4, -0.2) is 18.6 Å². The summed E-state index contributed by atoms with van der Waals surface area (Å²) in [5.74, 6) is 0. The smallest absolute Gasteiger partial charge is 0.244 e. The van der Waals surface area contributed by atoms with Gasteiger partial charge < -0.3 is 5.32 Å². The Kier molecular flexibility index (Phi) is 3.56. The van der Waals surface area contributed by atoms with E-state index in [1.54, 1.807) is 13.8 Å². The molecule has 0 bridgehead atoms. The molecular weight excluding hydrogens is 288 g/mol. The van der Waals surface area contributed by atoms with Gasteiger partial charge in [-0.1, -0.05) is 18.2 Å². The van der Waals surface area contributed by atoms with Crippen molar-refractivity contribution in [2.24, 2.45) is 0 Å². The lowest BCUT2D eigenvalue weighted by molar-refractivity contribution is 0.580. The van der Waals surface area contributed by atoms with E-state index in [0.717, 1.165) is 18.7 Å². The molecule has 0 unspecified atom stereocenters. The van der Waals surface area contributed by atoms with Crippen molar-refractivity contribution in [2.75, 3.05) is 0 Å². The second-order valence-electron chi connectivity index (χ2n) is 5.29. The number of benzene rings is 1. The highest BCUT2D eigenvalue weighted by molar-refractivity contribution is 7.89. The first kappa shape index (κ1) is 14.2. The monoisotopic (exact) mass is 306 g/mol. The lowest BCUT2D eigenvalue weighted by Gasteiger charge is -2.08. The van der Waals surface area contributed by atoms with E-state index in [1.165, 1.54) is 11.1 Å². The van der Waals surface area contributed by atoms with Crippen molar-refractivity contribution in [1.29, 1.82) is 0 Å². The van der Waals surface area contributed by atoms with Gasteiger partial charge in [-0.25, -0.2) is 13.1 Å². The summed E-state index contributed by atoms with van der Waals surface area (Å²) in [6.45, 7) is 5.39. The quantitative estimate of drug-likeness (QED) is 0.789. The molecule has 1 aliphatic heterocycles. The molecule has 112 valence electrons. The number of hydrogen-bond donors (Lipinski definition) is 3. The Hall–Kier alpha value is -1.70. The number of rotatable bonds is 4. The zero-order valence-electron chi connectivity index (χ0n) is 12.0. The summed E-state index contributed by atoms with van der Waals surface area (Å²) < 4.78 is 27.4. The number of nitrogens with one attached hydrogen (secondary N) is 3. The van der Waals surface area contributed by atoms with E-state index in [4.69, 9.17) is 0 Å². The van der Waals surface area contributed by atoms with Crippen LogP contribution in [0.1, 0.15) is 28.1 Å². The molecule has 1 aromatic carbocycles. The molecular formula is C14H18N4O2S. The number of H-pyrrole nitrogens is 1. The first-order chi connectivity index (χ1) is 9.97. The fourth-order valence-electron chi connectivity index (χ4n) is 2.65. The normalized spacial score (nSPS) is 14.4. The molecule has 1 aromatic heterocycles. The van der Waals surface area contributed by atoms with Gasteiger partial charge >= 0.3 is 0 Å². The molecule has 6 nitrogen and oxygen atoms in total. The molecule has 0 aliphatic carbocycles. The fourth-order valence-corrected chi connectivity index (χ4v) is 4.03. The molecule has 0 spiro atoms. The summed E-state index contributed by atoms with van der Waals surface area (Å²) in [7, 11) is -3.55. The molecule has 0 fully saturated rings. The van der Waals surface area contributed by atoms with Gasteiger partial charge in [0.2, 0.25) is 10.0 Å². The Balaban J connectivity index is 1.78. The number of aromatic nitrogens is 2. The van der Waals surface area contributed by atoms with Gasteiger partial charge in [-0.2, -0.15) is 5.10 Å². The number of aromatic amines is 1. The summed E-state index contributed by atoms with van der Waals surface area (Å²) in [4.78, 5) is 0.241. The maximum absolute atomic E-state index is 12.4. The van der Waals surface area contributed by atoms with Crippen LogP contribution in [0.3, 0.4) is 0 Å². The summed E-state index contributed by atoms with van der Waals surface area (Å²) in [5, 5.41) is 9.90. The third-order valence-electron chi connectivity index (χ3n) is 3.70. The van der Waals surface area contributed by atoms with E-state index in [-0.39, 0.29) is 11.4 Å². The molecule has 0 atom stereocenters. The van der Waals surface area contributed by atoms with Crippen LogP contribution in [0.5, 0.6) is 0 Å². The van der Waals surface area contributed by atoms with E-state index in [1.807, 2.05) is 18.2 Å². The first-order valence-corrected chi connectivity index (χ1v) is 8.28. The zero-order valence-corrected chi connectivity index (χ0v) is 12.8. The van der Waals surface area contributed by atoms with E-state index >= 15 is 0 Å². The Labute approximate surface area is 124 Å². The largest absolute Gasteiger partial charge is 0.309 e. The summed E-state index contributed by atoms with van der Waals surface area (Å²) >= 11 is 0. The molecule has 0 saturated carbocycles. The Morgan fingerprint density at radius 3 is 2.71 bits per heavy atom. The standard InChI is InChI=1S/C14H18N4O2S/c1-9-14(10(2)18-17-9)21(19,20)16-6-11-3-4-12-7-15-8-13(12)5-11/h3-5,15-16H,6-8H2,1-2H3,(H,17,18).